The van der Waals surface area contributed by atoms with Crippen molar-refractivity contribution in [1.29, 1.82) is 0 Å². The second kappa shape index (κ2) is 5.93. The van der Waals surface area contributed by atoms with Gasteiger partial charge in [-0.15, -0.1) is 0 Å². The summed E-state index contributed by atoms with van der Waals surface area (Å²) in [5.41, 5.74) is 4.20. The number of anilines is 1. The van der Waals surface area contributed by atoms with Gasteiger partial charge in [-0.1, -0.05) is 34.8 Å². The monoisotopic (exact) mass is 350 g/mol. The SMILES string of the molecule is Nc1c(F)c(Oc2ccc(Cl)c(Cl)c2)nc(C(=O)O)c1Cl. The number of carbonyl (C=O) groups is 1. The summed E-state index contributed by atoms with van der Waals surface area (Å²) in [5, 5.41) is 8.89. The van der Waals surface area contributed by atoms with Gasteiger partial charge in [0.2, 0.25) is 5.82 Å². The molecule has 21 heavy (non-hydrogen) atoms. The number of aromatic carboxylic acids is 1. The molecule has 0 atom stereocenters. The first kappa shape index (κ1) is 15.6. The van der Waals surface area contributed by atoms with E-state index in [2.05, 4.69) is 4.98 Å². The van der Waals surface area contributed by atoms with E-state index in [1.165, 1.54) is 18.2 Å². The first-order chi connectivity index (χ1) is 9.81. The number of ether oxygens (including phenoxy) is 1. The Morgan fingerprint density at radius 1 is 1.29 bits per heavy atom. The molecule has 0 aliphatic carbocycles. The van der Waals surface area contributed by atoms with Crippen molar-refractivity contribution in [3.8, 4) is 11.6 Å². The van der Waals surface area contributed by atoms with Gasteiger partial charge in [-0.05, 0) is 12.1 Å². The molecule has 1 aromatic heterocycles. The highest BCUT2D eigenvalue weighted by molar-refractivity contribution is 6.42. The lowest BCUT2D eigenvalue weighted by Gasteiger charge is -2.10. The van der Waals surface area contributed by atoms with Gasteiger partial charge in [0.25, 0.3) is 5.88 Å². The lowest BCUT2D eigenvalue weighted by molar-refractivity contribution is 0.0689. The van der Waals surface area contributed by atoms with Crippen LogP contribution >= 0.6 is 34.8 Å². The maximum absolute atomic E-state index is 13.9. The summed E-state index contributed by atoms with van der Waals surface area (Å²) in [7, 11) is 0. The van der Waals surface area contributed by atoms with Crippen LogP contribution < -0.4 is 10.5 Å². The Labute approximate surface area is 133 Å². The highest BCUT2D eigenvalue weighted by Crippen LogP contribution is 2.34. The third-order valence-corrected chi connectivity index (χ3v) is 3.51. The number of carboxylic acids is 1. The molecule has 0 aliphatic heterocycles. The number of aromatic nitrogens is 1. The van der Waals surface area contributed by atoms with Crippen molar-refractivity contribution in [2.24, 2.45) is 0 Å². The summed E-state index contributed by atoms with van der Waals surface area (Å²) < 4.78 is 19.1. The molecule has 1 heterocycles. The number of nitrogens with two attached hydrogens (primary N) is 1. The van der Waals surface area contributed by atoms with E-state index in [1.54, 1.807) is 0 Å². The molecular weight excluding hydrogens is 346 g/mol. The Kier molecular flexibility index (Phi) is 4.41. The predicted octanol–water partition coefficient (Wildman–Crippen LogP) is 4.25. The van der Waals surface area contributed by atoms with E-state index in [4.69, 9.17) is 50.4 Å². The summed E-state index contributed by atoms with van der Waals surface area (Å²) in [5.74, 6) is -3.07. The lowest BCUT2D eigenvalue weighted by Crippen LogP contribution is -2.08. The van der Waals surface area contributed by atoms with E-state index in [-0.39, 0.29) is 15.8 Å². The van der Waals surface area contributed by atoms with Crippen LogP contribution in [0.25, 0.3) is 0 Å². The van der Waals surface area contributed by atoms with Gasteiger partial charge in [-0.25, -0.2) is 9.78 Å². The minimum absolute atomic E-state index is 0.105. The fourth-order valence-electron chi connectivity index (χ4n) is 1.40. The van der Waals surface area contributed by atoms with Crippen LogP contribution in [-0.2, 0) is 0 Å². The van der Waals surface area contributed by atoms with Gasteiger partial charge in [0.1, 0.15) is 10.8 Å². The number of hydrogen-bond acceptors (Lipinski definition) is 4. The first-order valence-corrected chi connectivity index (χ1v) is 6.45. The molecule has 5 nitrogen and oxygen atoms in total. The van der Waals surface area contributed by atoms with Crippen molar-refractivity contribution < 1.29 is 19.0 Å². The minimum Gasteiger partial charge on any atom is -0.476 e. The van der Waals surface area contributed by atoms with Crippen LogP contribution in [0.5, 0.6) is 11.6 Å². The molecule has 0 bridgehead atoms. The first-order valence-electron chi connectivity index (χ1n) is 5.32. The van der Waals surface area contributed by atoms with Gasteiger partial charge < -0.3 is 15.6 Å². The van der Waals surface area contributed by atoms with Crippen molar-refractivity contribution >= 4 is 46.5 Å². The molecule has 110 valence electrons. The predicted molar refractivity (Wildman–Crippen MR) is 77.1 cm³/mol. The number of halogens is 4. The van der Waals surface area contributed by atoms with Crippen molar-refractivity contribution in [2.75, 3.05) is 5.73 Å². The summed E-state index contributed by atoms with van der Waals surface area (Å²) in [6, 6.07) is 4.14. The second-order valence-electron chi connectivity index (χ2n) is 3.79. The highest BCUT2D eigenvalue weighted by atomic mass is 35.5. The van der Waals surface area contributed by atoms with Gasteiger partial charge in [0.05, 0.1) is 15.7 Å². The summed E-state index contributed by atoms with van der Waals surface area (Å²) >= 11 is 17.1. The van der Waals surface area contributed by atoms with Crippen LogP contribution in [0.15, 0.2) is 18.2 Å². The zero-order valence-corrected chi connectivity index (χ0v) is 12.3. The summed E-state index contributed by atoms with van der Waals surface area (Å²) in [6.45, 7) is 0. The maximum Gasteiger partial charge on any atom is 0.356 e. The Bertz CT molecular complexity index is 740. The van der Waals surface area contributed by atoms with E-state index in [9.17, 15) is 9.18 Å². The van der Waals surface area contributed by atoms with Crippen LogP contribution in [-0.4, -0.2) is 16.1 Å². The lowest BCUT2D eigenvalue weighted by atomic mass is 10.3. The number of pyridine rings is 1. The molecule has 0 aliphatic rings. The van der Waals surface area contributed by atoms with Crippen molar-refractivity contribution in [3.63, 3.8) is 0 Å². The van der Waals surface area contributed by atoms with E-state index < -0.39 is 34.1 Å². The Morgan fingerprint density at radius 2 is 1.95 bits per heavy atom. The molecule has 9 heteroatoms. The molecule has 0 unspecified atom stereocenters. The van der Waals surface area contributed by atoms with E-state index in [0.29, 0.717) is 0 Å². The normalized spacial score (nSPS) is 10.5. The molecule has 1 aromatic carbocycles. The Morgan fingerprint density at radius 3 is 2.52 bits per heavy atom. The van der Waals surface area contributed by atoms with Crippen LogP contribution in [0.3, 0.4) is 0 Å². The maximum atomic E-state index is 13.9. The number of nitrogen functional groups attached to an aromatic ring is 1. The number of benzene rings is 1. The van der Waals surface area contributed by atoms with Crippen molar-refractivity contribution in [2.45, 2.75) is 0 Å². The highest BCUT2D eigenvalue weighted by Gasteiger charge is 2.22. The largest absolute Gasteiger partial charge is 0.476 e. The quantitative estimate of drug-likeness (QED) is 0.863. The average molecular weight is 352 g/mol. The topological polar surface area (TPSA) is 85.4 Å². The molecule has 0 spiro atoms. The second-order valence-corrected chi connectivity index (χ2v) is 4.98. The zero-order chi connectivity index (χ0) is 15.7. The standard InChI is InChI=1S/C12H6Cl3FN2O3/c13-5-2-1-4(3-6(5)14)21-11-8(16)9(17)7(15)10(18-11)12(19)20/h1-3H,(H2,17,18)(H,19,20). The van der Waals surface area contributed by atoms with E-state index in [1.807, 2.05) is 0 Å². The minimum atomic E-state index is -1.47. The molecule has 2 aromatic rings. The molecule has 0 amide bonds. The third kappa shape index (κ3) is 3.12. The van der Waals surface area contributed by atoms with Crippen LogP contribution in [0.2, 0.25) is 15.1 Å². The van der Waals surface area contributed by atoms with E-state index >= 15 is 0 Å². The van der Waals surface area contributed by atoms with Crippen molar-refractivity contribution in [3.05, 3.63) is 44.8 Å². The Hall–Kier alpha value is -1.76. The molecule has 0 saturated carbocycles. The number of carboxylic acid groups (broad SMARTS) is 1. The number of nitrogens with zero attached hydrogens (tertiary/aromatic N) is 1. The Balaban J connectivity index is 2.48. The van der Waals surface area contributed by atoms with Crippen LogP contribution in [0, 0.1) is 5.82 Å². The fourth-order valence-corrected chi connectivity index (χ4v) is 1.89. The van der Waals surface area contributed by atoms with Gasteiger partial charge in [0, 0.05) is 6.07 Å². The zero-order valence-electron chi connectivity index (χ0n) is 10.0. The van der Waals surface area contributed by atoms with Gasteiger partial charge in [-0.3, -0.25) is 0 Å². The average Bonchev–Trinajstić information content (AvgIpc) is 2.43. The molecule has 0 radical (unpaired) electrons. The fraction of sp³-hybridized carbons (Fsp3) is 0. The van der Waals surface area contributed by atoms with Crippen molar-refractivity contribution in [1.82, 2.24) is 4.98 Å². The molecule has 0 saturated heterocycles. The number of hydrogen-bond donors (Lipinski definition) is 2. The van der Waals surface area contributed by atoms with Crippen LogP contribution in [0.4, 0.5) is 10.1 Å². The van der Waals surface area contributed by atoms with Gasteiger partial charge in [-0.2, -0.15) is 4.39 Å². The summed E-state index contributed by atoms with van der Waals surface area (Å²) in [6.07, 6.45) is 0. The number of rotatable bonds is 3. The van der Waals surface area contributed by atoms with Gasteiger partial charge >= 0.3 is 5.97 Å². The third-order valence-electron chi connectivity index (χ3n) is 2.39. The molecule has 3 N–H and O–H groups in total. The van der Waals surface area contributed by atoms with Crippen LogP contribution in [0.1, 0.15) is 10.5 Å². The smallest absolute Gasteiger partial charge is 0.356 e. The molecular formula is C12H6Cl3FN2O3. The molecule has 0 fully saturated rings. The molecule has 2 rings (SSSR count). The van der Waals surface area contributed by atoms with E-state index in [0.717, 1.165) is 0 Å². The summed E-state index contributed by atoms with van der Waals surface area (Å²) in [4.78, 5) is 14.5. The van der Waals surface area contributed by atoms with Gasteiger partial charge in [0.15, 0.2) is 5.69 Å².